The summed E-state index contributed by atoms with van der Waals surface area (Å²) < 4.78 is 5.34. The predicted molar refractivity (Wildman–Crippen MR) is 156 cm³/mol. The number of hydrogen-bond donors (Lipinski definition) is 1. The quantitative estimate of drug-likeness (QED) is 0.287. The van der Waals surface area contributed by atoms with Gasteiger partial charge in [-0.1, -0.05) is 54.6 Å². The zero-order valence-electron chi connectivity index (χ0n) is 22.3. The average molecular weight is 528 g/mol. The fraction of sp³-hybridized carbons (Fsp3) is 0.219. The van der Waals surface area contributed by atoms with Crippen molar-refractivity contribution in [2.75, 3.05) is 25.5 Å². The lowest BCUT2D eigenvalue weighted by Gasteiger charge is -2.32. The van der Waals surface area contributed by atoms with Crippen LogP contribution in [0.5, 0.6) is 5.88 Å². The Kier molecular flexibility index (Phi) is 7.29. The van der Waals surface area contributed by atoms with Gasteiger partial charge in [0.1, 0.15) is 11.9 Å². The standard InChI is InChI=1S/C32H29N7O/c1-40-31-12-11-27-28(36-31)19-26(23-5-3-2-4-6-23)32(37-27)24-9-7-22(8-10-24)21-39-17-14-25(15-18-39)35-29-13-16-34-30(20-33)38-29/h2-13,16,19,25H,14-15,17-18,21H2,1H3,(H,34,35,38). The molecule has 0 radical (unpaired) electrons. The van der Waals surface area contributed by atoms with E-state index in [0.717, 1.165) is 65.9 Å². The molecule has 1 aliphatic rings. The Hall–Kier alpha value is -4.87. The van der Waals surface area contributed by atoms with Gasteiger partial charge in [0.15, 0.2) is 0 Å². The number of hydrogen-bond acceptors (Lipinski definition) is 8. The molecule has 1 N–H and O–H groups in total. The summed E-state index contributed by atoms with van der Waals surface area (Å²) in [5.41, 5.74) is 7.07. The van der Waals surface area contributed by atoms with E-state index in [0.29, 0.717) is 17.7 Å². The summed E-state index contributed by atoms with van der Waals surface area (Å²) >= 11 is 0. The highest BCUT2D eigenvalue weighted by atomic mass is 16.5. The number of nitriles is 1. The van der Waals surface area contributed by atoms with Gasteiger partial charge in [0, 0.05) is 49.1 Å². The second kappa shape index (κ2) is 11.5. The summed E-state index contributed by atoms with van der Waals surface area (Å²) in [6.07, 6.45) is 3.66. The van der Waals surface area contributed by atoms with Gasteiger partial charge in [0.05, 0.1) is 23.8 Å². The molecule has 0 amide bonds. The lowest BCUT2D eigenvalue weighted by atomic mass is 9.97. The van der Waals surface area contributed by atoms with Crippen molar-refractivity contribution in [3.8, 4) is 34.3 Å². The molecule has 1 aliphatic heterocycles. The lowest BCUT2D eigenvalue weighted by molar-refractivity contribution is 0.211. The van der Waals surface area contributed by atoms with E-state index in [4.69, 9.17) is 15.0 Å². The summed E-state index contributed by atoms with van der Waals surface area (Å²) in [4.78, 5) is 20.3. The summed E-state index contributed by atoms with van der Waals surface area (Å²) in [6.45, 7) is 2.90. The number of ether oxygens (including phenoxy) is 1. The molecular weight excluding hydrogens is 498 g/mol. The van der Waals surface area contributed by atoms with Crippen molar-refractivity contribution in [1.29, 1.82) is 5.26 Å². The van der Waals surface area contributed by atoms with Crippen molar-refractivity contribution in [3.63, 3.8) is 0 Å². The number of benzene rings is 2. The number of nitrogens with one attached hydrogen (secondary N) is 1. The molecule has 0 unspecified atom stereocenters. The molecule has 6 rings (SSSR count). The van der Waals surface area contributed by atoms with Crippen molar-refractivity contribution >= 4 is 16.9 Å². The van der Waals surface area contributed by atoms with Gasteiger partial charge in [0.2, 0.25) is 11.7 Å². The third kappa shape index (κ3) is 5.60. The summed E-state index contributed by atoms with van der Waals surface area (Å²) in [7, 11) is 1.63. The first-order chi connectivity index (χ1) is 19.7. The molecule has 2 aromatic carbocycles. The van der Waals surface area contributed by atoms with Crippen molar-refractivity contribution in [1.82, 2.24) is 24.8 Å². The van der Waals surface area contributed by atoms with Gasteiger partial charge in [-0.25, -0.2) is 19.9 Å². The van der Waals surface area contributed by atoms with Gasteiger partial charge in [-0.3, -0.25) is 4.90 Å². The molecular formula is C32H29N7O. The van der Waals surface area contributed by atoms with Gasteiger partial charge in [0.25, 0.3) is 0 Å². The maximum atomic E-state index is 9.03. The largest absolute Gasteiger partial charge is 0.481 e. The van der Waals surface area contributed by atoms with Crippen LogP contribution in [0.1, 0.15) is 24.2 Å². The molecule has 1 saturated heterocycles. The van der Waals surface area contributed by atoms with E-state index in [-0.39, 0.29) is 5.82 Å². The molecule has 3 aromatic heterocycles. The first kappa shape index (κ1) is 25.4. The Labute approximate surface area is 233 Å². The van der Waals surface area contributed by atoms with E-state index >= 15 is 0 Å². The van der Waals surface area contributed by atoms with E-state index in [2.05, 4.69) is 67.6 Å². The first-order valence-electron chi connectivity index (χ1n) is 13.4. The maximum absolute atomic E-state index is 9.03. The first-order valence-corrected chi connectivity index (χ1v) is 13.4. The topological polar surface area (TPSA) is 99.8 Å². The minimum atomic E-state index is 0.192. The molecule has 0 bridgehead atoms. The van der Waals surface area contributed by atoms with Crippen LogP contribution in [0.4, 0.5) is 5.82 Å². The smallest absolute Gasteiger partial charge is 0.234 e. The van der Waals surface area contributed by atoms with Crippen LogP contribution in [0, 0.1) is 11.3 Å². The van der Waals surface area contributed by atoms with Crippen LogP contribution in [0.3, 0.4) is 0 Å². The molecule has 1 fully saturated rings. The van der Waals surface area contributed by atoms with Crippen LogP contribution < -0.4 is 10.1 Å². The molecule has 4 heterocycles. The lowest BCUT2D eigenvalue weighted by Crippen LogP contribution is -2.38. The zero-order valence-corrected chi connectivity index (χ0v) is 22.3. The molecule has 0 aliphatic carbocycles. The van der Waals surface area contributed by atoms with E-state index in [1.54, 1.807) is 13.3 Å². The number of likely N-dealkylation sites (tertiary alicyclic amines) is 1. The molecule has 0 spiro atoms. The van der Waals surface area contributed by atoms with E-state index in [9.17, 15) is 0 Å². The molecule has 0 saturated carbocycles. The maximum Gasteiger partial charge on any atom is 0.234 e. The van der Waals surface area contributed by atoms with Crippen LogP contribution in [0.2, 0.25) is 0 Å². The fourth-order valence-electron chi connectivity index (χ4n) is 5.17. The van der Waals surface area contributed by atoms with Crippen molar-refractivity contribution in [2.45, 2.75) is 25.4 Å². The Bertz CT molecular complexity index is 1660. The van der Waals surface area contributed by atoms with Crippen molar-refractivity contribution in [3.05, 3.63) is 96.4 Å². The Balaban J connectivity index is 1.17. The molecule has 0 atom stereocenters. The zero-order chi connectivity index (χ0) is 27.3. The second-order valence-electron chi connectivity index (χ2n) is 9.91. The number of rotatable bonds is 7. The SMILES string of the molecule is COc1ccc2nc(-c3ccc(CN4CCC(Nc5ccnc(C#N)n5)CC4)cc3)c(-c3ccccc3)cc2n1. The highest BCUT2D eigenvalue weighted by Crippen LogP contribution is 2.33. The van der Waals surface area contributed by atoms with Crippen LogP contribution in [0.15, 0.2) is 85.1 Å². The van der Waals surface area contributed by atoms with Gasteiger partial charge < -0.3 is 10.1 Å². The predicted octanol–water partition coefficient (Wildman–Crippen LogP) is 5.71. The summed E-state index contributed by atoms with van der Waals surface area (Å²) in [5, 5.41) is 12.5. The number of nitrogens with zero attached hydrogens (tertiary/aromatic N) is 6. The van der Waals surface area contributed by atoms with Crippen LogP contribution in [-0.2, 0) is 6.54 Å². The third-order valence-electron chi connectivity index (χ3n) is 7.27. The number of methoxy groups -OCH3 is 1. The minimum absolute atomic E-state index is 0.192. The number of fused-ring (bicyclic) bond motifs is 1. The van der Waals surface area contributed by atoms with Crippen molar-refractivity contribution < 1.29 is 4.74 Å². The van der Waals surface area contributed by atoms with Crippen LogP contribution >= 0.6 is 0 Å². The average Bonchev–Trinajstić information content (AvgIpc) is 3.02. The second-order valence-corrected chi connectivity index (χ2v) is 9.91. The Morgan fingerprint density at radius 2 is 1.70 bits per heavy atom. The van der Waals surface area contributed by atoms with Gasteiger partial charge >= 0.3 is 0 Å². The molecule has 8 heteroatoms. The number of pyridine rings is 2. The highest BCUT2D eigenvalue weighted by Gasteiger charge is 2.20. The van der Waals surface area contributed by atoms with Gasteiger partial charge in [-0.05, 0) is 42.2 Å². The minimum Gasteiger partial charge on any atom is -0.481 e. The Morgan fingerprint density at radius 1 is 0.900 bits per heavy atom. The summed E-state index contributed by atoms with van der Waals surface area (Å²) in [6, 6.07) is 29.1. The normalized spacial score (nSPS) is 14.1. The van der Waals surface area contributed by atoms with Gasteiger partial charge in [-0.2, -0.15) is 5.26 Å². The molecule has 198 valence electrons. The molecule has 40 heavy (non-hydrogen) atoms. The Morgan fingerprint density at radius 3 is 2.45 bits per heavy atom. The highest BCUT2D eigenvalue weighted by molar-refractivity contribution is 5.90. The van der Waals surface area contributed by atoms with Gasteiger partial charge in [-0.15, -0.1) is 0 Å². The van der Waals surface area contributed by atoms with E-state index in [1.807, 2.05) is 42.5 Å². The number of piperidine rings is 1. The third-order valence-corrected chi connectivity index (χ3v) is 7.27. The van der Waals surface area contributed by atoms with E-state index in [1.165, 1.54) is 5.56 Å². The van der Waals surface area contributed by atoms with E-state index < -0.39 is 0 Å². The molecule has 8 nitrogen and oxygen atoms in total. The number of anilines is 1. The summed E-state index contributed by atoms with van der Waals surface area (Å²) in [5.74, 6) is 1.48. The fourth-order valence-corrected chi connectivity index (χ4v) is 5.17. The van der Waals surface area contributed by atoms with Crippen LogP contribution in [-0.4, -0.2) is 51.1 Å². The van der Waals surface area contributed by atoms with Crippen LogP contribution in [0.25, 0.3) is 33.4 Å². The monoisotopic (exact) mass is 527 g/mol. The number of aromatic nitrogens is 4. The molecule has 5 aromatic rings. The van der Waals surface area contributed by atoms with Crippen molar-refractivity contribution in [2.24, 2.45) is 0 Å².